The van der Waals surface area contributed by atoms with Crippen molar-refractivity contribution in [3.05, 3.63) is 72.8 Å². The van der Waals surface area contributed by atoms with Crippen LogP contribution in [0.5, 0.6) is 0 Å². The lowest BCUT2D eigenvalue weighted by Gasteiger charge is -2.37. The van der Waals surface area contributed by atoms with Crippen molar-refractivity contribution in [2.45, 2.75) is 39.2 Å². The van der Waals surface area contributed by atoms with Gasteiger partial charge in [0.2, 0.25) is 0 Å². The van der Waals surface area contributed by atoms with Gasteiger partial charge in [0.05, 0.1) is 6.61 Å². The summed E-state index contributed by atoms with van der Waals surface area (Å²) in [7, 11) is -1.52. The van der Waals surface area contributed by atoms with Gasteiger partial charge in [0.1, 0.15) is 8.80 Å². The van der Waals surface area contributed by atoms with E-state index in [9.17, 15) is 9.59 Å². The molecule has 4 nitrogen and oxygen atoms in total. The number of esters is 1. The molecule has 0 radical (unpaired) electrons. The quantitative estimate of drug-likeness (QED) is 0.298. The van der Waals surface area contributed by atoms with Crippen LogP contribution in [0.1, 0.15) is 33.6 Å². The summed E-state index contributed by atoms with van der Waals surface area (Å²) < 4.78 is 5.17. The number of benzene rings is 2. The van der Waals surface area contributed by atoms with E-state index in [4.69, 9.17) is 9.84 Å². The number of carboxylic acid groups (broad SMARTS) is 1. The van der Waals surface area contributed by atoms with Crippen LogP contribution in [0.3, 0.4) is 0 Å². The summed E-state index contributed by atoms with van der Waals surface area (Å²) in [6.45, 7) is 7.14. The topological polar surface area (TPSA) is 63.6 Å². The van der Waals surface area contributed by atoms with Crippen LogP contribution in [0.25, 0.3) is 0 Å². The number of carbonyl (C=O) groups excluding carboxylic acids is 1. The third-order valence-electron chi connectivity index (χ3n) is 5.10. The summed E-state index contributed by atoms with van der Waals surface area (Å²) in [5.41, 5.74) is 0.580. The van der Waals surface area contributed by atoms with Gasteiger partial charge in [-0.15, -0.1) is 0 Å². The first kappa shape index (κ1) is 22.6. The standard InChI is InChI=1S/C24H30O4Si/c1-24(2,3)21(15-10-18-28-23(27)17-16-22(25)26)29(19-11-6-4-7-12-19)20-13-8-5-9-14-20/h4-9,11-14,16-17,21,29H,10,15,18H2,1-3H3,(H,25,26)/b17-16+. The maximum atomic E-state index is 11.6. The molecule has 0 saturated heterocycles. The van der Waals surface area contributed by atoms with Crippen molar-refractivity contribution in [3.63, 3.8) is 0 Å². The van der Waals surface area contributed by atoms with E-state index < -0.39 is 20.7 Å². The summed E-state index contributed by atoms with van der Waals surface area (Å²) in [6.07, 6.45) is 3.45. The summed E-state index contributed by atoms with van der Waals surface area (Å²) in [4.78, 5) is 22.1. The van der Waals surface area contributed by atoms with Gasteiger partial charge in [0, 0.05) is 12.2 Å². The molecule has 1 atom stereocenters. The second-order valence-corrected chi connectivity index (χ2v) is 11.3. The van der Waals surface area contributed by atoms with E-state index in [0.29, 0.717) is 12.1 Å². The summed E-state index contributed by atoms with van der Waals surface area (Å²) in [5.74, 6) is -1.77. The maximum absolute atomic E-state index is 11.6. The first-order valence-electron chi connectivity index (χ1n) is 9.96. The van der Waals surface area contributed by atoms with Gasteiger partial charge >= 0.3 is 11.9 Å². The second kappa shape index (κ2) is 10.8. The Bertz CT molecular complexity index is 770. The van der Waals surface area contributed by atoms with Crippen LogP contribution in [-0.2, 0) is 14.3 Å². The minimum Gasteiger partial charge on any atom is -0.478 e. The molecule has 29 heavy (non-hydrogen) atoms. The lowest BCUT2D eigenvalue weighted by Crippen LogP contribution is -2.49. The van der Waals surface area contributed by atoms with Crippen molar-refractivity contribution in [3.8, 4) is 0 Å². The van der Waals surface area contributed by atoms with Gasteiger partial charge < -0.3 is 9.84 Å². The third kappa shape index (κ3) is 7.35. The van der Waals surface area contributed by atoms with Gasteiger partial charge in [-0.1, -0.05) is 91.8 Å². The first-order chi connectivity index (χ1) is 13.8. The van der Waals surface area contributed by atoms with E-state index >= 15 is 0 Å². The van der Waals surface area contributed by atoms with Crippen molar-refractivity contribution in [2.75, 3.05) is 6.61 Å². The Kier molecular flexibility index (Phi) is 8.40. The number of hydrogen-bond donors (Lipinski definition) is 1. The zero-order valence-corrected chi connectivity index (χ0v) is 18.5. The van der Waals surface area contributed by atoms with Crippen molar-refractivity contribution < 1.29 is 19.4 Å². The average Bonchev–Trinajstić information content (AvgIpc) is 2.69. The fourth-order valence-electron chi connectivity index (χ4n) is 3.74. The minimum atomic E-state index is -1.52. The van der Waals surface area contributed by atoms with Crippen molar-refractivity contribution >= 4 is 31.1 Å². The SMILES string of the molecule is CC(C)(C)C(CCCOC(=O)/C=C/C(=O)O)[SiH](c1ccccc1)c1ccccc1. The monoisotopic (exact) mass is 410 g/mol. The van der Waals surface area contributed by atoms with E-state index in [-0.39, 0.29) is 5.41 Å². The largest absolute Gasteiger partial charge is 0.478 e. The van der Waals surface area contributed by atoms with Gasteiger partial charge in [-0.05, 0) is 23.8 Å². The highest BCUT2D eigenvalue weighted by molar-refractivity contribution is 6.86. The van der Waals surface area contributed by atoms with Gasteiger partial charge in [0.25, 0.3) is 0 Å². The normalized spacial score (nSPS) is 12.8. The van der Waals surface area contributed by atoms with E-state index in [1.165, 1.54) is 10.4 Å². The number of aliphatic carboxylic acids is 1. The number of hydrogen-bond acceptors (Lipinski definition) is 3. The van der Waals surface area contributed by atoms with Gasteiger partial charge in [-0.2, -0.15) is 0 Å². The Balaban J connectivity index is 2.16. The highest BCUT2D eigenvalue weighted by Gasteiger charge is 2.35. The minimum absolute atomic E-state index is 0.107. The highest BCUT2D eigenvalue weighted by Crippen LogP contribution is 2.37. The van der Waals surface area contributed by atoms with E-state index in [1.54, 1.807) is 0 Å². The van der Waals surface area contributed by atoms with E-state index in [0.717, 1.165) is 25.0 Å². The molecule has 0 saturated carbocycles. The molecule has 0 aliphatic heterocycles. The van der Waals surface area contributed by atoms with Crippen LogP contribution in [-0.4, -0.2) is 32.4 Å². The third-order valence-corrected chi connectivity index (χ3v) is 9.44. The molecule has 0 heterocycles. The van der Waals surface area contributed by atoms with Crippen LogP contribution >= 0.6 is 0 Å². The average molecular weight is 411 g/mol. The van der Waals surface area contributed by atoms with Gasteiger partial charge in [-0.25, -0.2) is 9.59 Å². The molecular weight excluding hydrogens is 380 g/mol. The fourth-order valence-corrected chi connectivity index (χ4v) is 7.90. The van der Waals surface area contributed by atoms with Crippen LogP contribution in [0, 0.1) is 5.41 Å². The van der Waals surface area contributed by atoms with Crippen LogP contribution in [0.4, 0.5) is 0 Å². The Morgan fingerprint density at radius 3 is 1.93 bits per heavy atom. The van der Waals surface area contributed by atoms with Gasteiger partial charge in [0.15, 0.2) is 0 Å². The van der Waals surface area contributed by atoms with Crippen LogP contribution in [0.15, 0.2) is 72.8 Å². The Labute approximate surface area is 174 Å². The van der Waals surface area contributed by atoms with Gasteiger partial charge in [-0.3, -0.25) is 0 Å². The zero-order valence-electron chi connectivity index (χ0n) is 17.4. The number of carboxylic acids is 1. The molecule has 154 valence electrons. The number of rotatable bonds is 9. The Morgan fingerprint density at radius 1 is 0.966 bits per heavy atom. The summed E-state index contributed by atoms with van der Waals surface area (Å²) in [5, 5.41) is 11.4. The molecule has 0 amide bonds. The molecule has 2 aromatic rings. The molecule has 1 N–H and O–H groups in total. The Hall–Kier alpha value is -2.66. The molecule has 0 aromatic heterocycles. The number of ether oxygens (including phenoxy) is 1. The molecule has 2 rings (SSSR count). The van der Waals surface area contributed by atoms with E-state index in [2.05, 4.69) is 81.4 Å². The molecule has 0 aliphatic carbocycles. The molecule has 5 heteroatoms. The maximum Gasteiger partial charge on any atom is 0.331 e. The van der Waals surface area contributed by atoms with Crippen molar-refractivity contribution in [1.29, 1.82) is 0 Å². The van der Waals surface area contributed by atoms with E-state index in [1.807, 2.05) is 0 Å². The predicted molar refractivity (Wildman–Crippen MR) is 119 cm³/mol. The lowest BCUT2D eigenvalue weighted by molar-refractivity contribution is -0.138. The van der Waals surface area contributed by atoms with Crippen LogP contribution < -0.4 is 10.4 Å². The fraction of sp³-hybridized carbons (Fsp3) is 0.333. The molecule has 2 aromatic carbocycles. The second-order valence-electron chi connectivity index (χ2n) is 8.25. The smallest absolute Gasteiger partial charge is 0.331 e. The molecule has 0 aliphatic rings. The predicted octanol–water partition coefficient (Wildman–Crippen LogP) is 3.41. The van der Waals surface area contributed by atoms with Crippen LogP contribution in [0.2, 0.25) is 5.54 Å². The summed E-state index contributed by atoms with van der Waals surface area (Å²) in [6, 6.07) is 21.5. The summed E-state index contributed by atoms with van der Waals surface area (Å²) >= 11 is 0. The number of carbonyl (C=O) groups is 2. The zero-order chi connectivity index (χ0) is 21.3. The molecule has 1 unspecified atom stereocenters. The molecular formula is C24H30O4Si. The molecule has 0 spiro atoms. The molecule has 0 bridgehead atoms. The van der Waals surface area contributed by atoms with Crippen molar-refractivity contribution in [1.82, 2.24) is 0 Å². The Morgan fingerprint density at radius 2 is 1.48 bits per heavy atom. The van der Waals surface area contributed by atoms with Crippen molar-refractivity contribution in [2.24, 2.45) is 5.41 Å². The lowest BCUT2D eigenvalue weighted by atomic mass is 9.89. The molecule has 0 fully saturated rings. The first-order valence-corrected chi connectivity index (χ1v) is 11.8. The highest BCUT2D eigenvalue weighted by atomic mass is 28.3.